The summed E-state index contributed by atoms with van der Waals surface area (Å²) in [7, 11) is 0. The van der Waals surface area contributed by atoms with Crippen LogP contribution < -0.4 is 0 Å². The molecule has 1 aliphatic heterocycles. The first-order chi connectivity index (χ1) is 11.3. The van der Waals surface area contributed by atoms with Crippen molar-refractivity contribution in [1.82, 2.24) is 15.0 Å². The van der Waals surface area contributed by atoms with Crippen LogP contribution in [0.2, 0.25) is 0 Å². The highest BCUT2D eigenvalue weighted by atomic mass is 16.5. The van der Waals surface area contributed by atoms with E-state index in [1.807, 2.05) is 0 Å². The van der Waals surface area contributed by atoms with Gasteiger partial charge in [0, 0.05) is 17.9 Å². The molecule has 4 heteroatoms. The molecule has 0 radical (unpaired) electrons. The Balaban J connectivity index is 1.55. The number of piperidine rings is 1. The average molecular weight is 334 g/mol. The fourth-order valence-electron chi connectivity index (χ4n) is 4.46. The Hall–Kier alpha value is -0.900. The maximum Gasteiger partial charge on any atom is 0.229 e. The highest BCUT2D eigenvalue weighted by molar-refractivity contribution is 5.02. The molecule has 0 atom stereocenters. The van der Waals surface area contributed by atoms with Gasteiger partial charge in [-0.2, -0.15) is 4.98 Å². The maximum atomic E-state index is 5.68. The van der Waals surface area contributed by atoms with Gasteiger partial charge in [-0.15, -0.1) is 0 Å². The Morgan fingerprint density at radius 2 is 1.58 bits per heavy atom. The largest absolute Gasteiger partial charge is 0.339 e. The molecule has 0 N–H and O–H groups in total. The lowest BCUT2D eigenvalue weighted by Crippen LogP contribution is -2.38. The summed E-state index contributed by atoms with van der Waals surface area (Å²) in [5.74, 6) is 3.68. The summed E-state index contributed by atoms with van der Waals surface area (Å²) in [4.78, 5) is 7.37. The Labute approximate surface area is 147 Å². The van der Waals surface area contributed by atoms with Gasteiger partial charge in [0.15, 0.2) is 5.82 Å². The lowest BCUT2D eigenvalue weighted by atomic mass is 9.70. The van der Waals surface area contributed by atoms with Crippen LogP contribution in [0.5, 0.6) is 0 Å². The van der Waals surface area contributed by atoms with E-state index in [9.17, 15) is 0 Å². The minimum absolute atomic E-state index is 0.426. The second-order valence-electron chi connectivity index (χ2n) is 9.31. The lowest BCUT2D eigenvalue weighted by Gasteiger charge is -2.36. The van der Waals surface area contributed by atoms with Crippen molar-refractivity contribution < 1.29 is 4.52 Å². The van der Waals surface area contributed by atoms with E-state index in [2.05, 4.69) is 44.7 Å². The fraction of sp³-hybridized carbons (Fsp3) is 0.900. The van der Waals surface area contributed by atoms with Gasteiger partial charge in [0.1, 0.15) is 0 Å². The van der Waals surface area contributed by atoms with Crippen LogP contribution in [0, 0.1) is 11.3 Å². The van der Waals surface area contributed by atoms with Gasteiger partial charge in [-0.3, -0.25) is 0 Å². The predicted octanol–water partition coefficient (Wildman–Crippen LogP) is 4.98. The van der Waals surface area contributed by atoms with E-state index in [0.29, 0.717) is 23.3 Å². The first-order valence-corrected chi connectivity index (χ1v) is 9.92. The maximum absolute atomic E-state index is 5.68. The van der Waals surface area contributed by atoms with Gasteiger partial charge in [0.25, 0.3) is 0 Å². The SMILES string of the molecule is CC(C)N1CCC(c2noc(C3CCC(C(C)(C)C)CC3)n2)CC1. The number of aromatic nitrogens is 2. The zero-order chi connectivity index (χ0) is 17.3. The first kappa shape index (κ1) is 17.9. The van der Waals surface area contributed by atoms with E-state index in [-0.39, 0.29) is 0 Å². The van der Waals surface area contributed by atoms with Crippen molar-refractivity contribution in [3.8, 4) is 0 Å². The predicted molar refractivity (Wildman–Crippen MR) is 97.1 cm³/mol. The van der Waals surface area contributed by atoms with Crippen LogP contribution >= 0.6 is 0 Å². The molecular formula is C20H35N3O. The summed E-state index contributed by atoms with van der Waals surface area (Å²) in [6.45, 7) is 14.0. The molecule has 4 nitrogen and oxygen atoms in total. The molecule has 0 bridgehead atoms. The molecule has 1 aliphatic carbocycles. The van der Waals surface area contributed by atoms with Crippen LogP contribution in [0.25, 0.3) is 0 Å². The van der Waals surface area contributed by atoms with Crippen molar-refractivity contribution in [1.29, 1.82) is 0 Å². The van der Waals surface area contributed by atoms with Crippen LogP contribution in [-0.2, 0) is 0 Å². The number of likely N-dealkylation sites (tertiary alicyclic amines) is 1. The van der Waals surface area contributed by atoms with Crippen LogP contribution in [0.15, 0.2) is 4.52 Å². The Bertz CT molecular complexity index is 515. The number of nitrogens with zero attached hydrogens (tertiary/aromatic N) is 3. The third-order valence-corrected chi connectivity index (χ3v) is 6.38. The zero-order valence-corrected chi connectivity index (χ0v) is 16.2. The summed E-state index contributed by atoms with van der Waals surface area (Å²) in [6.07, 6.45) is 7.31. The molecule has 0 aromatic carbocycles. The summed E-state index contributed by atoms with van der Waals surface area (Å²) >= 11 is 0. The minimum Gasteiger partial charge on any atom is -0.339 e. The summed E-state index contributed by atoms with van der Waals surface area (Å²) in [6, 6.07) is 0.643. The molecule has 136 valence electrons. The second kappa shape index (κ2) is 7.15. The quantitative estimate of drug-likeness (QED) is 0.782. The van der Waals surface area contributed by atoms with E-state index in [4.69, 9.17) is 9.51 Å². The van der Waals surface area contributed by atoms with E-state index >= 15 is 0 Å². The highest BCUT2D eigenvalue weighted by Crippen LogP contribution is 2.43. The number of hydrogen-bond donors (Lipinski definition) is 0. The Kier molecular flexibility index (Phi) is 5.33. The monoisotopic (exact) mass is 333 g/mol. The molecule has 0 amide bonds. The molecule has 0 unspecified atom stereocenters. The zero-order valence-electron chi connectivity index (χ0n) is 16.2. The standard InChI is InChI=1S/C20H35N3O/c1-14(2)23-12-10-15(11-13-23)18-21-19(24-22-18)16-6-8-17(9-7-16)20(3,4)5/h14-17H,6-13H2,1-5H3. The van der Waals surface area contributed by atoms with Crippen molar-refractivity contribution in [3.63, 3.8) is 0 Å². The van der Waals surface area contributed by atoms with Gasteiger partial charge in [-0.25, -0.2) is 0 Å². The molecule has 1 aromatic heterocycles. The molecule has 2 fully saturated rings. The molecule has 1 aromatic rings. The Morgan fingerprint density at radius 3 is 2.12 bits per heavy atom. The van der Waals surface area contributed by atoms with E-state index in [1.165, 1.54) is 25.7 Å². The molecular weight excluding hydrogens is 298 g/mol. The van der Waals surface area contributed by atoms with Crippen molar-refractivity contribution in [2.75, 3.05) is 13.1 Å². The van der Waals surface area contributed by atoms with Gasteiger partial charge in [0.05, 0.1) is 0 Å². The van der Waals surface area contributed by atoms with Crippen molar-refractivity contribution in [2.24, 2.45) is 11.3 Å². The van der Waals surface area contributed by atoms with Gasteiger partial charge < -0.3 is 9.42 Å². The van der Waals surface area contributed by atoms with Crippen LogP contribution in [0.1, 0.15) is 96.7 Å². The van der Waals surface area contributed by atoms with Gasteiger partial charge in [-0.05, 0) is 76.8 Å². The van der Waals surface area contributed by atoms with Crippen molar-refractivity contribution in [3.05, 3.63) is 11.7 Å². The van der Waals surface area contributed by atoms with E-state index < -0.39 is 0 Å². The molecule has 3 rings (SSSR count). The first-order valence-electron chi connectivity index (χ1n) is 9.92. The topological polar surface area (TPSA) is 42.2 Å². The van der Waals surface area contributed by atoms with Crippen LogP contribution in [0.4, 0.5) is 0 Å². The number of hydrogen-bond acceptors (Lipinski definition) is 4. The minimum atomic E-state index is 0.426. The van der Waals surface area contributed by atoms with Crippen LogP contribution in [0.3, 0.4) is 0 Å². The third kappa shape index (κ3) is 4.01. The average Bonchev–Trinajstić information content (AvgIpc) is 3.04. The highest BCUT2D eigenvalue weighted by Gasteiger charge is 2.33. The molecule has 1 saturated heterocycles. The fourth-order valence-corrected chi connectivity index (χ4v) is 4.46. The van der Waals surface area contributed by atoms with E-state index in [0.717, 1.165) is 43.6 Å². The molecule has 0 spiro atoms. The second-order valence-corrected chi connectivity index (χ2v) is 9.31. The summed E-state index contributed by atoms with van der Waals surface area (Å²) < 4.78 is 5.68. The van der Waals surface area contributed by atoms with Crippen LogP contribution in [-0.4, -0.2) is 34.2 Å². The molecule has 24 heavy (non-hydrogen) atoms. The van der Waals surface area contributed by atoms with Crippen molar-refractivity contribution >= 4 is 0 Å². The smallest absolute Gasteiger partial charge is 0.229 e. The third-order valence-electron chi connectivity index (χ3n) is 6.38. The summed E-state index contributed by atoms with van der Waals surface area (Å²) in [5.41, 5.74) is 0.426. The Morgan fingerprint density at radius 1 is 0.958 bits per heavy atom. The molecule has 2 aliphatic rings. The van der Waals surface area contributed by atoms with Gasteiger partial charge in [0.2, 0.25) is 5.89 Å². The summed E-state index contributed by atoms with van der Waals surface area (Å²) in [5, 5.41) is 4.35. The normalized spacial score (nSPS) is 27.8. The molecule has 2 heterocycles. The molecule has 1 saturated carbocycles. The van der Waals surface area contributed by atoms with Gasteiger partial charge in [-0.1, -0.05) is 25.9 Å². The lowest BCUT2D eigenvalue weighted by molar-refractivity contribution is 0.158. The van der Waals surface area contributed by atoms with E-state index in [1.54, 1.807) is 0 Å². The van der Waals surface area contributed by atoms with Gasteiger partial charge >= 0.3 is 0 Å². The number of rotatable bonds is 3. The van der Waals surface area contributed by atoms with Crippen molar-refractivity contribution in [2.45, 2.75) is 91.0 Å².